The normalized spacial score (nSPS) is 23.5. The van der Waals surface area contributed by atoms with Crippen LogP contribution in [0.5, 0.6) is 0 Å². The van der Waals surface area contributed by atoms with Crippen molar-refractivity contribution in [2.75, 3.05) is 37.6 Å². The molecule has 2 heterocycles. The van der Waals surface area contributed by atoms with Gasteiger partial charge in [0.15, 0.2) is 0 Å². The van der Waals surface area contributed by atoms with Crippen LogP contribution in [-0.4, -0.2) is 60.2 Å². The second kappa shape index (κ2) is 7.02. The molecular weight excluding hydrogens is 398 g/mol. The fraction of sp³-hybridized carbons (Fsp3) is 0.526. The molecule has 2 saturated heterocycles. The van der Waals surface area contributed by atoms with Gasteiger partial charge in [-0.2, -0.15) is 0 Å². The van der Waals surface area contributed by atoms with Gasteiger partial charge in [-0.1, -0.05) is 22.0 Å². The molecule has 1 saturated carbocycles. The highest BCUT2D eigenvalue weighted by atomic mass is 79.9. The third-order valence-electron chi connectivity index (χ3n) is 5.42. The molecule has 6 nitrogen and oxygen atoms in total. The third-order valence-corrected chi connectivity index (χ3v) is 5.92. The lowest BCUT2D eigenvalue weighted by Gasteiger charge is -2.36. The van der Waals surface area contributed by atoms with Crippen molar-refractivity contribution in [2.45, 2.75) is 19.3 Å². The highest BCUT2D eigenvalue weighted by Gasteiger charge is 2.39. The van der Waals surface area contributed by atoms with E-state index in [1.807, 2.05) is 34.1 Å². The zero-order valence-corrected chi connectivity index (χ0v) is 16.2. The molecule has 3 amide bonds. The van der Waals surface area contributed by atoms with E-state index >= 15 is 0 Å². The molecule has 138 valence electrons. The largest absolute Gasteiger partial charge is 0.339 e. The fourth-order valence-corrected chi connectivity index (χ4v) is 4.15. The summed E-state index contributed by atoms with van der Waals surface area (Å²) >= 11 is 3.42. The summed E-state index contributed by atoms with van der Waals surface area (Å²) in [4.78, 5) is 42.8. The average Bonchev–Trinajstić information content (AvgIpc) is 3.42. The highest BCUT2D eigenvalue weighted by molar-refractivity contribution is 9.10. The Morgan fingerprint density at radius 2 is 1.58 bits per heavy atom. The van der Waals surface area contributed by atoms with Gasteiger partial charge in [0.25, 0.3) is 0 Å². The van der Waals surface area contributed by atoms with Gasteiger partial charge in [-0.3, -0.25) is 14.4 Å². The van der Waals surface area contributed by atoms with Crippen LogP contribution in [0.25, 0.3) is 0 Å². The number of piperazine rings is 1. The minimum atomic E-state index is -0.299. The van der Waals surface area contributed by atoms with Crippen molar-refractivity contribution in [1.29, 1.82) is 0 Å². The van der Waals surface area contributed by atoms with Crippen molar-refractivity contribution in [2.24, 2.45) is 11.8 Å². The van der Waals surface area contributed by atoms with Gasteiger partial charge < -0.3 is 14.7 Å². The Morgan fingerprint density at radius 1 is 0.962 bits per heavy atom. The molecule has 3 fully saturated rings. The first-order chi connectivity index (χ1) is 12.5. The first-order valence-electron chi connectivity index (χ1n) is 9.16. The van der Waals surface area contributed by atoms with Crippen molar-refractivity contribution < 1.29 is 14.4 Å². The van der Waals surface area contributed by atoms with Crippen LogP contribution in [0.15, 0.2) is 28.7 Å². The lowest BCUT2D eigenvalue weighted by molar-refractivity contribution is -0.142. The van der Waals surface area contributed by atoms with E-state index in [0.717, 1.165) is 23.0 Å². The number of benzene rings is 1. The molecule has 0 aromatic heterocycles. The van der Waals surface area contributed by atoms with E-state index < -0.39 is 0 Å². The molecule has 2 aliphatic heterocycles. The Balaban J connectivity index is 1.35. The van der Waals surface area contributed by atoms with Crippen molar-refractivity contribution in [3.05, 3.63) is 28.7 Å². The van der Waals surface area contributed by atoms with Crippen LogP contribution < -0.4 is 4.90 Å². The molecule has 1 unspecified atom stereocenters. The van der Waals surface area contributed by atoms with Gasteiger partial charge in [-0.25, -0.2) is 0 Å². The monoisotopic (exact) mass is 419 g/mol. The second-order valence-electron chi connectivity index (χ2n) is 7.31. The number of nitrogens with zero attached hydrogens (tertiary/aromatic N) is 3. The number of anilines is 1. The third kappa shape index (κ3) is 3.49. The lowest BCUT2D eigenvalue weighted by Crippen LogP contribution is -2.52. The van der Waals surface area contributed by atoms with E-state index in [4.69, 9.17) is 0 Å². The minimum absolute atomic E-state index is 0.0102. The summed E-state index contributed by atoms with van der Waals surface area (Å²) in [6, 6.07) is 7.58. The average molecular weight is 420 g/mol. The van der Waals surface area contributed by atoms with Crippen LogP contribution in [-0.2, 0) is 14.4 Å². The standard InChI is InChI=1S/C19H22BrN3O3/c20-15-2-1-3-16(11-15)23-12-14(10-17(23)24)19(26)22-8-6-21(7-9-22)18(25)13-4-5-13/h1-3,11,13-14H,4-10,12H2. The first-order valence-corrected chi connectivity index (χ1v) is 9.96. The molecule has 3 aliphatic rings. The summed E-state index contributed by atoms with van der Waals surface area (Å²) < 4.78 is 0.911. The second-order valence-corrected chi connectivity index (χ2v) is 8.23. The van der Waals surface area contributed by atoms with E-state index in [0.29, 0.717) is 32.7 Å². The zero-order valence-electron chi connectivity index (χ0n) is 14.6. The topological polar surface area (TPSA) is 60.9 Å². The Hall–Kier alpha value is -1.89. The number of rotatable bonds is 3. The number of carbonyl (C=O) groups excluding carboxylic acids is 3. The maximum atomic E-state index is 12.8. The van der Waals surface area contributed by atoms with Gasteiger partial charge in [0.1, 0.15) is 0 Å². The van der Waals surface area contributed by atoms with Gasteiger partial charge in [0.2, 0.25) is 17.7 Å². The van der Waals surface area contributed by atoms with Gasteiger partial charge >= 0.3 is 0 Å². The first kappa shape index (κ1) is 17.5. The van der Waals surface area contributed by atoms with Crippen molar-refractivity contribution >= 4 is 39.3 Å². The predicted molar refractivity (Wildman–Crippen MR) is 100 cm³/mol. The summed E-state index contributed by atoms with van der Waals surface area (Å²) in [7, 11) is 0. The quantitative estimate of drug-likeness (QED) is 0.751. The van der Waals surface area contributed by atoms with Gasteiger partial charge in [-0.15, -0.1) is 0 Å². The Bertz CT molecular complexity index is 741. The van der Waals surface area contributed by atoms with E-state index in [1.165, 1.54) is 0 Å². The lowest BCUT2D eigenvalue weighted by atomic mass is 10.1. The number of hydrogen-bond acceptors (Lipinski definition) is 3. The zero-order chi connectivity index (χ0) is 18.3. The van der Waals surface area contributed by atoms with Crippen molar-refractivity contribution in [1.82, 2.24) is 9.80 Å². The smallest absolute Gasteiger partial charge is 0.228 e. The van der Waals surface area contributed by atoms with Crippen LogP contribution in [0.2, 0.25) is 0 Å². The van der Waals surface area contributed by atoms with E-state index in [2.05, 4.69) is 15.9 Å². The molecule has 4 rings (SSSR count). The molecule has 1 atom stereocenters. The van der Waals surface area contributed by atoms with Crippen LogP contribution in [0.4, 0.5) is 5.69 Å². The summed E-state index contributed by atoms with van der Waals surface area (Å²) in [5.74, 6) is 0.197. The van der Waals surface area contributed by atoms with E-state index in [-0.39, 0.29) is 36.0 Å². The van der Waals surface area contributed by atoms with Crippen molar-refractivity contribution in [3.63, 3.8) is 0 Å². The minimum Gasteiger partial charge on any atom is -0.339 e. The van der Waals surface area contributed by atoms with Crippen LogP contribution in [0.3, 0.4) is 0 Å². The van der Waals surface area contributed by atoms with Crippen LogP contribution in [0.1, 0.15) is 19.3 Å². The molecule has 0 radical (unpaired) electrons. The van der Waals surface area contributed by atoms with Gasteiger partial charge in [0, 0.05) is 55.2 Å². The molecule has 0 spiro atoms. The Morgan fingerprint density at radius 3 is 2.15 bits per heavy atom. The molecule has 26 heavy (non-hydrogen) atoms. The maximum Gasteiger partial charge on any atom is 0.228 e. The Labute approximate surface area is 161 Å². The summed E-state index contributed by atoms with van der Waals surface area (Å²) in [5.41, 5.74) is 0.819. The van der Waals surface area contributed by atoms with E-state index in [9.17, 15) is 14.4 Å². The number of carbonyl (C=O) groups is 3. The molecule has 1 aliphatic carbocycles. The maximum absolute atomic E-state index is 12.8. The summed E-state index contributed by atoms with van der Waals surface area (Å²) in [5, 5.41) is 0. The number of halogens is 1. The van der Waals surface area contributed by atoms with Gasteiger partial charge in [-0.05, 0) is 31.0 Å². The Kier molecular flexibility index (Phi) is 4.73. The fourth-order valence-electron chi connectivity index (χ4n) is 3.76. The van der Waals surface area contributed by atoms with Crippen molar-refractivity contribution in [3.8, 4) is 0 Å². The number of hydrogen-bond donors (Lipinski definition) is 0. The summed E-state index contributed by atoms with van der Waals surface area (Å²) in [6.45, 7) is 2.78. The number of amides is 3. The molecule has 1 aromatic carbocycles. The molecule has 0 N–H and O–H groups in total. The van der Waals surface area contributed by atoms with Crippen LogP contribution in [0, 0.1) is 11.8 Å². The van der Waals surface area contributed by atoms with Gasteiger partial charge in [0.05, 0.1) is 5.92 Å². The molecule has 1 aromatic rings. The molecule has 7 heteroatoms. The summed E-state index contributed by atoms with van der Waals surface area (Å²) in [6.07, 6.45) is 2.27. The van der Waals surface area contributed by atoms with Crippen LogP contribution >= 0.6 is 15.9 Å². The molecule has 0 bridgehead atoms. The van der Waals surface area contributed by atoms with E-state index in [1.54, 1.807) is 4.90 Å². The predicted octanol–water partition coefficient (Wildman–Crippen LogP) is 1.88. The SMILES string of the molecule is O=C(C1CC1)N1CCN(C(=O)C2CC(=O)N(c3cccc(Br)c3)C2)CC1. The highest BCUT2D eigenvalue weighted by Crippen LogP contribution is 2.32. The molecular formula is C19H22BrN3O3.